The van der Waals surface area contributed by atoms with Gasteiger partial charge in [-0.1, -0.05) is 36.9 Å². The second-order valence-corrected chi connectivity index (χ2v) is 7.82. The van der Waals surface area contributed by atoms with Crippen LogP contribution in [-0.4, -0.2) is 27.0 Å². The molecule has 0 saturated heterocycles. The minimum atomic E-state index is -2.45. The van der Waals surface area contributed by atoms with E-state index in [2.05, 4.69) is 21.8 Å². The van der Waals surface area contributed by atoms with E-state index in [1.54, 1.807) is 24.3 Å². The van der Waals surface area contributed by atoms with Crippen LogP contribution in [0.3, 0.4) is 0 Å². The highest BCUT2D eigenvalue weighted by molar-refractivity contribution is 8.00. The number of carbonyl (C=O) groups excluding carboxylic acids is 1. The van der Waals surface area contributed by atoms with E-state index in [1.807, 2.05) is 13.8 Å². The first-order valence-electron chi connectivity index (χ1n) is 8.42. The summed E-state index contributed by atoms with van der Waals surface area (Å²) in [5, 5.41) is 3.64. The van der Waals surface area contributed by atoms with Gasteiger partial charge in [-0.25, -0.2) is 4.98 Å². The molecule has 0 aliphatic carbocycles. The number of halogens is 2. The Morgan fingerprint density at radius 1 is 1.27 bits per heavy atom. The Balaban J connectivity index is 1.91. The Morgan fingerprint density at radius 3 is 2.58 bits per heavy atom. The Labute approximate surface area is 161 Å². The van der Waals surface area contributed by atoms with E-state index in [4.69, 9.17) is 0 Å². The van der Waals surface area contributed by atoms with Gasteiger partial charge in [0, 0.05) is 22.8 Å². The zero-order valence-electron chi connectivity index (χ0n) is 15.1. The van der Waals surface area contributed by atoms with Gasteiger partial charge in [-0.05, 0) is 44.5 Å². The van der Waals surface area contributed by atoms with Crippen molar-refractivity contribution in [1.29, 1.82) is 0 Å². The summed E-state index contributed by atoms with van der Waals surface area (Å²) in [6.45, 7) is 7.06. The van der Waals surface area contributed by atoms with Gasteiger partial charge >= 0.3 is 0 Å². The van der Waals surface area contributed by atoms with Crippen molar-refractivity contribution in [3.05, 3.63) is 35.7 Å². The maximum absolute atomic E-state index is 12.3. The van der Waals surface area contributed by atoms with Crippen molar-refractivity contribution in [2.45, 2.75) is 56.0 Å². The lowest BCUT2D eigenvalue weighted by Gasteiger charge is -2.09. The van der Waals surface area contributed by atoms with Crippen LogP contribution in [0.2, 0.25) is 0 Å². The fourth-order valence-electron chi connectivity index (χ4n) is 2.36. The number of thioether (sulfide) groups is 2. The van der Waals surface area contributed by atoms with Crippen LogP contribution in [0.1, 0.15) is 31.2 Å². The zero-order valence-corrected chi connectivity index (χ0v) is 16.7. The van der Waals surface area contributed by atoms with Gasteiger partial charge in [0.2, 0.25) is 5.91 Å². The molecule has 0 radical (unpaired) electrons. The van der Waals surface area contributed by atoms with Crippen LogP contribution in [0.25, 0.3) is 0 Å². The van der Waals surface area contributed by atoms with Gasteiger partial charge in [0.25, 0.3) is 5.76 Å². The highest BCUT2D eigenvalue weighted by Gasteiger charge is 2.13. The van der Waals surface area contributed by atoms with Crippen molar-refractivity contribution in [2.24, 2.45) is 0 Å². The zero-order chi connectivity index (χ0) is 19.1. The quantitative estimate of drug-likeness (QED) is 0.578. The molecule has 0 fully saturated rings. The third kappa shape index (κ3) is 6.02. The van der Waals surface area contributed by atoms with Gasteiger partial charge in [0.05, 0.1) is 11.4 Å². The summed E-state index contributed by atoms with van der Waals surface area (Å²) in [5.41, 5.74) is 2.71. The first kappa shape index (κ1) is 20.8. The smallest absolute Gasteiger partial charge is 0.288 e. The standard InChI is InChI=1S/C18H23F2N3OS2/c1-4-5-10-23-13(3)12(2)21-18(23)25-11-16(24)22-14-6-8-15(9-7-14)26-17(19)20/h6-9,17H,4-5,10-11H2,1-3H3,(H,22,24). The number of hydrogen-bond acceptors (Lipinski definition) is 4. The summed E-state index contributed by atoms with van der Waals surface area (Å²) in [6.07, 6.45) is 2.17. The lowest BCUT2D eigenvalue weighted by atomic mass is 10.3. The largest absolute Gasteiger partial charge is 0.325 e. The number of unbranched alkanes of at least 4 members (excludes halogenated alkanes) is 1. The van der Waals surface area contributed by atoms with Crippen LogP contribution in [0.15, 0.2) is 34.3 Å². The van der Waals surface area contributed by atoms with Crippen LogP contribution < -0.4 is 5.32 Å². The monoisotopic (exact) mass is 399 g/mol. The number of amides is 1. The van der Waals surface area contributed by atoms with E-state index in [0.29, 0.717) is 22.3 Å². The average molecular weight is 400 g/mol. The van der Waals surface area contributed by atoms with Gasteiger partial charge in [-0.2, -0.15) is 8.78 Å². The normalized spacial score (nSPS) is 11.2. The predicted molar refractivity (Wildman–Crippen MR) is 104 cm³/mol. The first-order valence-corrected chi connectivity index (χ1v) is 10.3. The SMILES string of the molecule is CCCCn1c(SCC(=O)Nc2ccc(SC(F)F)cc2)nc(C)c1C. The van der Waals surface area contributed by atoms with E-state index in [0.717, 1.165) is 35.9 Å². The van der Waals surface area contributed by atoms with Gasteiger partial charge in [0.15, 0.2) is 5.16 Å². The van der Waals surface area contributed by atoms with Crippen molar-refractivity contribution in [3.63, 3.8) is 0 Å². The Hall–Kier alpha value is -1.54. The molecular weight excluding hydrogens is 376 g/mol. The van der Waals surface area contributed by atoms with Gasteiger partial charge in [0.1, 0.15) is 0 Å². The Bertz CT molecular complexity index is 733. The van der Waals surface area contributed by atoms with Crippen molar-refractivity contribution in [3.8, 4) is 0 Å². The highest BCUT2D eigenvalue weighted by atomic mass is 32.2. The van der Waals surface area contributed by atoms with Crippen LogP contribution in [0, 0.1) is 13.8 Å². The van der Waals surface area contributed by atoms with Crippen molar-refractivity contribution in [1.82, 2.24) is 9.55 Å². The molecule has 0 bridgehead atoms. The molecule has 0 saturated carbocycles. The molecule has 1 heterocycles. The maximum atomic E-state index is 12.3. The third-order valence-electron chi connectivity index (χ3n) is 3.85. The summed E-state index contributed by atoms with van der Waals surface area (Å²) in [4.78, 5) is 17.2. The van der Waals surface area contributed by atoms with E-state index in [9.17, 15) is 13.6 Å². The highest BCUT2D eigenvalue weighted by Crippen LogP contribution is 2.26. The fourth-order valence-corrected chi connectivity index (χ4v) is 3.78. The molecule has 2 rings (SSSR count). The lowest BCUT2D eigenvalue weighted by molar-refractivity contribution is -0.113. The summed E-state index contributed by atoms with van der Waals surface area (Å²) in [6, 6.07) is 6.40. The molecule has 1 aromatic heterocycles. The van der Waals surface area contributed by atoms with Gasteiger partial charge in [-0.3, -0.25) is 4.79 Å². The second-order valence-electron chi connectivity index (χ2n) is 5.81. The van der Waals surface area contributed by atoms with Crippen LogP contribution in [0.4, 0.5) is 14.5 Å². The number of rotatable bonds is 9. The molecule has 142 valence electrons. The second kappa shape index (κ2) is 9.97. The molecule has 0 aliphatic rings. The van der Waals surface area contributed by atoms with Crippen LogP contribution in [0.5, 0.6) is 0 Å². The van der Waals surface area contributed by atoms with Crippen LogP contribution in [-0.2, 0) is 11.3 Å². The summed E-state index contributed by atoms with van der Waals surface area (Å²) in [7, 11) is 0. The van der Waals surface area contributed by atoms with E-state index in [1.165, 1.54) is 11.8 Å². The van der Waals surface area contributed by atoms with E-state index < -0.39 is 5.76 Å². The molecule has 26 heavy (non-hydrogen) atoms. The lowest BCUT2D eigenvalue weighted by Crippen LogP contribution is -2.14. The maximum Gasteiger partial charge on any atom is 0.288 e. The average Bonchev–Trinajstić information content (AvgIpc) is 2.86. The number of aromatic nitrogens is 2. The predicted octanol–water partition coefficient (Wildman–Crippen LogP) is 5.35. The summed E-state index contributed by atoms with van der Waals surface area (Å²) >= 11 is 1.89. The van der Waals surface area contributed by atoms with Crippen molar-refractivity contribution in [2.75, 3.05) is 11.1 Å². The molecule has 1 N–H and O–H groups in total. The molecule has 8 heteroatoms. The number of aryl methyl sites for hydroxylation is 1. The Morgan fingerprint density at radius 2 is 1.96 bits per heavy atom. The topological polar surface area (TPSA) is 46.9 Å². The first-order chi connectivity index (χ1) is 12.4. The van der Waals surface area contributed by atoms with Gasteiger partial charge < -0.3 is 9.88 Å². The number of benzene rings is 1. The van der Waals surface area contributed by atoms with Gasteiger partial charge in [-0.15, -0.1) is 0 Å². The summed E-state index contributed by atoms with van der Waals surface area (Å²) < 4.78 is 26.8. The minimum absolute atomic E-state index is 0.149. The van der Waals surface area contributed by atoms with E-state index >= 15 is 0 Å². The Kier molecular flexibility index (Phi) is 7.96. The van der Waals surface area contributed by atoms with E-state index in [-0.39, 0.29) is 11.7 Å². The number of carbonyl (C=O) groups is 1. The molecule has 0 atom stereocenters. The fraction of sp³-hybridized carbons (Fsp3) is 0.444. The minimum Gasteiger partial charge on any atom is -0.325 e. The van der Waals surface area contributed by atoms with Crippen LogP contribution >= 0.6 is 23.5 Å². The number of imidazole rings is 1. The number of alkyl halides is 2. The molecule has 4 nitrogen and oxygen atoms in total. The number of hydrogen-bond donors (Lipinski definition) is 1. The third-order valence-corrected chi connectivity index (χ3v) is 5.55. The molecule has 1 amide bonds. The van der Waals surface area contributed by atoms with Crippen molar-refractivity contribution < 1.29 is 13.6 Å². The molecule has 2 aromatic rings. The summed E-state index contributed by atoms with van der Waals surface area (Å²) in [5.74, 6) is -2.35. The molecule has 0 aliphatic heterocycles. The molecule has 0 unspecified atom stereocenters. The molecule has 0 spiro atoms. The number of anilines is 1. The molecule has 1 aromatic carbocycles. The number of nitrogens with one attached hydrogen (secondary N) is 1. The van der Waals surface area contributed by atoms with Crippen molar-refractivity contribution >= 4 is 35.1 Å². The molecular formula is C18H23F2N3OS2. The number of nitrogens with zero attached hydrogens (tertiary/aromatic N) is 2.